The number of hydrogen-bond donors (Lipinski definition) is 0. The van der Waals surface area contributed by atoms with Crippen molar-refractivity contribution in [2.24, 2.45) is 0 Å². The van der Waals surface area contributed by atoms with Crippen LogP contribution in [-0.2, 0) is 6.18 Å². The first-order chi connectivity index (χ1) is 9.50. The number of piperazine rings is 1. The minimum Gasteiger partial charge on any atom is -0.369 e. The molecule has 0 aliphatic carbocycles. The van der Waals surface area contributed by atoms with Crippen molar-refractivity contribution in [1.29, 1.82) is 0 Å². The molecule has 0 spiro atoms. The standard InChI is InChI=1S/C14H18ClF3N2/c15-6-1-7-19-8-10-20(11-9-19)13-4-2-12(3-5-13)14(16,17)18/h2-5H,1,6-11H2. The Morgan fingerprint density at radius 2 is 1.60 bits per heavy atom. The first kappa shape index (κ1) is 15.4. The maximum Gasteiger partial charge on any atom is 0.416 e. The Balaban J connectivity index is 1.90. The van der Waals surface area contributed by atoms with Gasteiger partial charge in [0, 0.05) is 37.7 Å². The van der Waals surface area contributed by atoms with E-state index in [-0.39, 0.29) is 0 Å². The first-order valence-corrected chi connectivity index (χ1v) is 7.24. The third-order valence-electron chi connectivity index (χ3n) is 3.54. The largest absolute Gasteiger partial charge is 0.416 e. The molecule has 0 radical (unpaired) electrons. The van der Waals surface area contributed by atoms with Crippen molar-refractivity contribution in [2.75, 3.05) is 43.5 Å². The molecule has 0 bridgehead atoms. The van der Waals surface area contributed by atoms with E-state index >= 15 is 0 Å². The van der Waals surface area contributed by atoms with Gasteiger partial charge in [0.25, 0.3) is 0 Å². The molecule has 0 aromatic heterocycles. The summed E-state index contributed by atoms with van der Waals surface area (Å²) < 4.78 is 37.5. The highest BCUT2D eigenvalue weighted by Crippen LogP contribution is 2.30. The molecule has 1 aromatic rings. The van der Waals surface area contributed by atoms with Crippen LogP contribution in [-0.4, -0.2) is 43.5 Å². The quantitative estimate of drug-likeness (QED) is 0.786. The summed E-state index contributed by atoms with van der Waals surface area (Å²) in [6.07, 6.45) is -3.29. The Morgan fingerprint density at radius 3 is 2.10 bits per heavy atom. The fraction of sp³-hybridized carbons (Fsp3) is 0.571. The van der Waals surface area contributed by atoms with E-state index in [1.165, 1.54) is 0 Å². The van der Waals surface area contributed by atoms with Crippen molar-refractivity contribution in [1.82, 2.24) is 4.90 Å². The van der Waals surface area contributed by atoms with E-state index in [4.69, 9.17) is 11.6 Å². The number of rotatable bonds is 4. The molecule has 2 nitrogen and oxygen atoms in total. The van der Waals surface area contributed by atoms with Gasteiger partial charge in [0.1, 0.15) is 0 Å². The summed E-state index contributed by atoms with van der Waals surface area (Å²) in [7, 11) is 0. The van der Waals surface area contributed by atoms with Crippen LogP contribution < -0.4 is 4.90 Å². The zero-order valence-corrected chi connectivity index (χ0v) is 11.9. The monoisotopic (exact) mass is 306 g/mol. The lowest BCUT2D eigenvalue weighted by atomic mass is 10.1. The van der Waals surface area contributed by atoms with Crippen molar-refractivity contribution in [2.45, 2.75) is 12.6 Å². The van der Waals surface area contributed by atoms with Gasteiger partial charge in [-0.1, -0.05) is 0 Å². The zero-order chi connectivity index (χ0) is 14.6. The molecule has 0 unspecified atom stereocenters. The van der Waals surface area contributed by atoms with E-state index in [1.807, 2.05) is 0 Å². The lowest BCUT2D eigenvalue weighted by molar-refractivity contribution is -0.137. The predicted octanol–water partition coefficient (Wildman–Crippen LogP) is 3.46. The number of hydrogen-bond acceptors (Lipinski definition) is 2. The molecule has 1 heterocycles. The van der Waals surface area contributed by atoms with Gasteiger partial charge in [-0.15, -0.1) is 11.6 Å². The highest BCUT2D eigenvalue weighted by molar-refractivity contribution is 6.17. The molecular formula is C14H18ClF3N2. The maximum absolute atomic E-state index is 12.5. The molecule has 112 valence electrons. The average Bonchev–Trinajstić information content (AvgIpc) is 2.45. The fourth-order valence-corrected chi connectivity index (χ4v) is 2.49. The van der Waals surface area contributed by atoms with Crippen LogP contribution in [0.15, 0.2) is 24.3 Å². The van der Waals surface area contributed by atoms with Crippen molar-refractivity contribution >= 4 is 17.3 Å². The third kappa shape index (κ3) is 4.03. The lowest BCUT2D eigenvalue weighted by Gasteiger charge is -2.36. The summed E-state index contributed by atoms with van der Waals surface area (Å²) in [5.41, 5.74) is 0.261. The summed E-state index contributed by atoms with van der Waals surface area (Å²) >= 11 is 5.67. The van der Waals surface area contributed by atoms with Crippen LogP contribution in [0.5, 0.6) is 0 Å². The summed E-state index contributed by atoms with van der Waals surface area (Å²) in [4.78, 5) is 4.46. The Hall–Kier alpha value is -0.940. The second-order valence-electron chi connectivity index (χ2n) is 4.92. The molecule has 1 fully saturated rings. The third-order valence-corrected chi connectivity index (χ3v) is 3.81. The van der Waals surface area contributed by atoms with Gasteiger partial charge in [0.15, 0.2) is 0 Å². The average molecular weight is 307 g/mol. The van der Waals surface area contributed by atoms with Crippen molar-refractivity contribution in [3.8, 4) is 0 Å². The number of alkyl halides is 4. The Morgan fingerprint density at radius 1 is 1.00 bits per heavy atom. The second kappa shape index (κ2) is 6.68. The molecule has 6 heteroatoms. The van der Waals surface area contributed by atoms with E-state index in [0.717, 1.165) is 57.0 Å². The first-order valence-electron chi connectivity index (χ1n) is 6.71. The van der Waals surface area contributed by atoms with Gasteiger partial charge in [-0.25, -0.2) is 0 Å². The Kier molecular flexibility index (Phi) is 5.16. The van der Waals surface area contributed by atoms with Gasteiger partial charge in [-0.2, -0.15) is 13.2 Å². The van der Waals surface area contributed by atoms with Crippen molar-refractivity contribution in [3.05, 3.63) is 29.8 Å². The molecule has 2 rings (SSSR count). The van der Waals surface area contributed by atoms with Crippen molar-refractivity contribution < 1.29 is 13.2 Å². The topological polar surface area (TPSA) is 6.48 Å². The highest BCUT2D eigenvalue weighted by atomic mass is 35.5. The van der Waals surface area contributed by atoms with E-state index in [1.54, 1.807) is 12.1 Å². The number of benzene rings is 1. The van der Waals surface area contributed by atoms with Crippen LogP contribution in [0.4, 0.5) is 18.9 Å². The van der Waals surface area contributed by atoms with E-state index in [9.17, 15) is 13.2 Å². The van der Waals surface area contributed by atoms with Crippen LogP contribution in [0, 0.1) is 0 Å². The maximum atomic E-state index is 12.5. The Labute approximate surface area is 122 Å². The normalized spacial score (nSPS) is 17.5. The highest BCUT2D eigenvalue weighted by Gasteiger charge is 2.30. The smallest absolute Gasteiger partial charge is 0.369 e. The van der Waals surface area contributed by atoms with Crippen LogP contribution in [0.2, 0.25) is 0 Å². The lowest BCUT2D eigenvalue weighted by Crippen LogP contribution is -2.46. The summed E-state index contributed by atoms with van der Waals surface area (Å²) in [6.45, 7) is 4.53. The minimum absolute atomic E-state index is 0.595. The molecule has 1 saturated heterocycles. The minimum atomic E-state index is -4.27. The van der Waals surface area contributed by atoms with Crippen LogP contribution in [0.3, 0.4) is 0 Å². The Bertz CT molecular complexity index is 411. The molecule has 0 amide bonds. The van der Waals surface area contributed by atoms with Crippen LogP contribution in [0.1, 0.15) is 12.0 Å². The number of anilines is 1. The zero-order valence-electron chi connectivity index (χ0n) is 11.2. The van der Waals surface area contributed by atoms with Gasteiger partial charge in [0.05, 0.1) is 5.56 Å². The number of nitrogens with zero attached hydrogens (tertiary/aromatic N) is 2. The van der Waals surface area contributed by atoms with Gasteiger partial charge in [0.2, 0.25) is 0 Å². The second-order valence-corrected chi connectivity index (χ2v) is 5.29. The van der Waals surface area contributed by atoms with Gasteiger partial charge in [-0.3, -0.25) is 4.90 Å². The van der Waals surface area contributed by atoms with Crippen LogP contribution in [0.25, 0.3) is 0 Å². The van der Waals surface area contributed by atoms with E-state index in [0.29, 0.717) is 5.88 Å². The summed E-state index contributed by atoms with van der Waals surface area (Å²) in [5, 5.41) is 0. The van der Waals surface area contributed by atoms with Crippen LogP contribution >= 0.6 is 11.6 Å². The van der Waals surface area contributed by atoms with Gasteiger partial charge < -0.3 is 4.90 Å². The van der Waals surface area contributed by atoms with Gasteiger partial charge in [-0.05, 0) is 37.2 Å². The van der Waals surface area contributed by atoms with Gasteiger partial charge >= 0.3 is 6.18 Å². The molecule has 20 heavy (non-hydrogen) atoms. The summed E-state index contributed by atoms with van der Waals surface area (Å²) in [5.74, 6) is 0.666. The number of halogens is 4. The summed E-state index contributed by atoms with van der Waals surface area (Å²) in [6, 6.07) is 5.40. The SMILES string of the molecule is FC(F)(F)c1ccc(N2CCN(CCCCl)CC2)cc1. The molecular weight excluding hydrogens is 289 g/mol. The van der Waals surface area contributed by atoms with E-state index < -0.39 is 11.7 Å². The van der Waals surface area contributed by atoms with E-state index in [2.05, 4.69) is 9.80 Å². The molecule has 1 aliphatic heterocycles. The molecule has 0 atom stereocenters. The molecule has 1 aliphatic rings. The molecule has 0 N–H and O–H groups in total. The predicted molar refractivity (Wildman–Crippen MR) is 75.4 cm³/mol. The molecule has 0 saturated carbocycles. The molecule has 1 aromatic carbocycles. The van der Waals surface area contributed by atoms with Crippen molar-refractivity contribution in [3.63, 3.8) is 0 Å². The fourth-order valence-electron chi connectivity index (χ4n) is 2.37.